The smallest absolute Gasteiger partial charge is 0.220 e. The van der Waals surface area contributed by atoms with Crippen LogP contribution < -0.4 is 5.32 Å². The van der Waals surface area contributed by atoms with Crippen LogP contribution in [0.5, 0.6) is 0 Å². The minimum Gasteiger partial charge on any atom is -0.350 e. The molecule has 0 aromatic heterocycles. The summed E-state index contributed by atoms with van der Waals surface area (Å²) in [5.74, 6) is 0.800. The van der Waals surface area contributed by atoms with Crippen molar-refractivity contribution in [3.63, 3.8) is 0 Å². The second-order valence-corrected chi connectivity index (χ2v) is 6.11. The Morgan fingerprint density at radius 2 is 2.17 bits per heavy atom. The zero-order chi connectivity index (χ0) is 13.0. The maximum absolute atomic E-state index is 11.9. The van der Waals surface area contributed by atoms with Gasteiger partial charge in [-0.1, -0.05) is 40.9 Å². The summed E-state index contributed by atoms with van der Waals surface area (Å²) in [4.78, 5) is 11.9. The van der Waals surface area contributed by atoms with Crippen molar-refractivity contribution < 1.29 is 4.79 Å². The largest absolute Gasteiger partial charge is 0.350 e. The molecule has 0 saturated heterocycles. The lowest BCUT2D eigenvalue weighted by molar-refractivity contribution is -0.122. The van der Waals surface area contributed by atoms with E-state index in [0.29, 0.717) is 12.3 Å². The van der Waals surface area contributed by atoms with Crippen molar-refractivity contribution in [2.45, 2.75) is 45.1 Å². The molecule has 3 heteroatoms. The van der Waals surface area contributed by atoms with E-state index in [4.69, 9.17) is 0 Å². The number of halogens is 1. The molecule has 0 heterocycles. The quantitative estimate of drug-likeness (QED) is 0.887. The lowest BCUT2D eigenvalue weighted by atomic mass is 10.0. The molecule has 0 aliphatic heterocycles. The number of nitrogens with one attached hydrogen (secondary N) is 1. The van der Waals surface area contributed by atoms with Crippen LogP contribution in [0.25, 0.3) is 0 Å². The van der Waals surface area contributed by atoms with Crippen molar-refractivity contribution in [2.75, 3.05) is 0 Å². The normalized spacial score (nSPS) is 17.7. The van der Waals surface area contributed by atoms with Crippen molar-refractivity contribution in [3.8, 4) is 0 Å². The first-order valence-electron chi connectivity index (χ1n) is 6.70. The van der Waals surface area contributed by atoms with E-state index in [1.54, 1.807) is 0 Å². The second-order valence-electron chi connectivity index (χ2n) is 5.20. The molecule has 1 aliphatic rings. The fraction of sp³-hybridized carbons (Fsp3) is 0.533. The lowest BCUT2D eigenvalue weighted by Crippen LogP contribution is -2.27. The van der Waals surface area contributed by atoms with Crippen molar-refractivity contribution >= 4 is 21.8 Å². The van der Waals surface area contributed by atoms with Crippen molar-refractivity contribution in [2.24, 2.45) is 5.92 Å². The molecule has 2 nitrogen and oxygen atoms in total. The maximum atomic E-state index is 11.9. The first-order valence-corrected chi connectivity index (χ1v) is 7.49. The van der Waals surface area contributed by atoms with Crippen LogP contribution in [0, 0.1) is 5.92 Å². The van der Waals surface area contributed by atoms with E-state index in [0.717, 1.165) is 10.0 Å². The van der Waals surface area contributed by atoms with Crippen LogP contribution >= 0.6 is 15.9 Å². The lowest BCUT2D eigenvalue weighted by Gasteiger charge is -2.16. The molecule has 1 aromatic carbocycles. The first-order chi connectivity index (χ1) is 8.65. The van der Waals surface area contributed by atoms with Gasteiger partial charge in [0, 0.05) is 10.9 Å². The van der Waals surface area contributed by atoms with Gasteiger partial charge in [0.2, 0.25) is 5.91 Å². The number of carbonyl (C=O) groups is 1. The van der Waals surface area contributed by atoms with Gasteiger partial charge in [0.15, 0.2) is 0 Å². The van der Waals surface area contributed by atoms with Crippen LogP contribution in [0.15, 0.2) is 28.7 Å². The number of benzene rings is 1. The van der Waals surface area contributed by atoms with Crippen LogP contribution in [-0.4, -0.2) is 5.91 Å². The number of amides is 1. The summed E-state index contributed by atoms with van der Waals surface area (Å²) in [5.41, 5.74) is 1.14. The SMILES string of the molecule is C[C@H](NC(=O)CC1CCCC1)c1cccc(Br)c1. The van der Waals surface area contributed by atoms with Gasteiger partial charge in [-0.25, -0.2) is 0 Å². The van der Waals surface area contributed by atoms with Gasteiger partial charge in [-0.2, -0.15) is 0 Å². The Kier molecular flexibility index (Phi) is 4.81. The van der Waals surface area contributed by atoms with Gasteiger partial charge >= 0.3 is 0 Å². The molecule has 1 aliphatic carbocycles. The molecule has 1 aromatic rings. The highest BCUT2D eigenvalue weighted by Gasteiger charge is 2.19. The second kappa shape index (κ2) is 6.37. The summed E-state index contributed by atoms with van der Waals surface area (Å²) < 4.78 is 1.05. The topological polar surface area (TPSA) is 29.1 Å². The van der Waals surface area contributed by atoms with E-state index < -0.39 is 0 Å². The molecular formula is C15H20BrNO. The van der Waals surface area contributed by atoms with Crippen LogP contribution in [-0.2, 0) is 4.79 Å². The molecular weight excluding hydrogens is 290 g/mol. The van der Waals surface area contributed by atoms with Crippen molar-refractivity contribution in [1.29, 1.82) is 0 Å². The predicted octanol–water partition coefficient (Wildman–Crippen LogP) is 4.21. The monoisotopic (exact) mass is 309 g/mol. The number of hydrogen-bond donors (Lipinski definition) is 1. The van der Waals surface area contributed by atoms with Gasteiger partial charge in [0.05, 0.1) is 6.04 Å². The third-order valence-corrected chi connectivity index (χ3v) is 4.17. The summed E-state index contributed by atoms with van der Waals surface area (Å²) in [5, 5.41) is 3.09. The van der Waals surface area contributed by atoms with Gasteiger partial charge in [-0.3, -0.25) is 4.79 Å². The van der Waals surface area contributed by atoms with Crippen LogP contribution in [0.4, 0.5) is 0 Å². The Balaban J connectivity index is 1.86. The van der Waals surface area contributed by atoms with Crippen LogP contribution in [0.2, 0.25) is 0 Å². The summed E-state index contributed by atoms with van der Waals surface area (Å²) >= 11 is 3.45. The Morgan fingerprint density at radius 1 is 1.44 bits per heavy atom. The first kappa shape index (κ1) is 13.6. The highest BCUT2D eigenvalue weighted by atomic mass is 79.9. The van der Waals surface area contributed by atoms with Crippen LogP contribution in [0.1, 0.15) is 50.6 Å². The maximum Gasteiger partial charge on any atom is 0.220 e. The highest BCUT2D eigenvalue weighted by molar-refractivity contribution is 9.10. The number of carbonyl (C=O) groups excluding carboxylic acids is 1. The van der Waals surface area contributed by atoms with Gasteiger partial charge < -0.3 is 5.32 Å². The summed E-state index contributed by atoms with van der Waals surface area (Å²) in [6, 6.07) is 8.18. The highest BCUT2D eigenvalue weighted by Crippen LogP contribution is 2.27. The Bertz CT molecular complexity index is 413. The molecule has 1 fully saturated rings. The minimum absolute atomic E-state index is 0.0800. The molecule has 1 N–H and O–H groups in total. The van der Waals surface area contributed by atoms with E-state index in [1.165, 1.54) is 25.7 Å². The third kappa shape index (κ3) is 3.84. The number of rotatable bonds is 4. The summed E-state index contributed by atoms with van der Waals surface area (Å²) in [6.45, 7) is 2.04. The van der Waals surface area contributed by atoms with Crippen LogP contribution in [0.3, 0.4) is 0 Å². The Labute approximate surface area is 117 Å². The summed E-state index contributed by atoms with van der Waals surface area (Å²) in [7, 11) is 0. The molecule has 1 atom stereocenters. The van der Waals surface area contributed by atoms with Gasteiger partial charge in [0.25, 0.3) is 0 Å². The van der Waals surface area contributed by atoms with Gasteiger partial charge in [-0.15, -0.1) is 0 Å². The molecule has 98 valence electrons. The summed E-state index contributed by atoms with van der Waals surface area (Å²) in [6.07, 6.45) is 5.72. The molecule has 0 unspecified atom stereocenters. The van der Waals surface area contributed by atoms with E-state index in [9.17, 15) is 4.79 Å². The predicted molar refractivity (Wildman–Crippen MR) is 77.3 cm³/mol. The number of hydrogen-bond acceptors (Lipinski definition) is 1. The molecule has 1 saturated carbocycles. The molecule has 18 heavy (non-hydrogen) atoms. The molecule has 1 amide bonds. The van der Waals surface area contributed by atoms with E-state index in [2.05, 4.69) is 27.3 Å². The average molecular weight is 310 g/mol. The molecule has 0 spiro atoms. The van der Waals surface area contributed by atoms with Crippen molar-refractivity contribution in [3.05, 3.63) is 34.3 Å². The zero-order valence-electron chi connectivity index (χ0n) is 10.8. The van der Waals surface area contributed by atoms with E-state index >= 15 is 0 Å². The Morgan fingerprint density at radius 3 is 2.83 bits per heavy atom. The van der Waals surface area contributed by atoms with Gasteiger partial charge in [-0.05, 0) is 43.4 Å². The van der Waals surface area contributed by atoms with Gasteiger partial charge in [0.1, 0.15) is 0 Å². The standard InChI is InChI=1S/C15H20BrNO/c1-11(13-7-4-8-14(16)10-13)17-15(18)9-12-5-2-3-6-12/h4,7-8,10-12H,2-3,5-6,9H2,1H3,(H,17,18)/t11-/m0/s1. The Hall–Kier alpha value is -0.830. The fourth-order valence-electron chi connectivity index (χ4n) is 2.64. The fourth-order valence-corrected chi connectivity index (χ4v) is 3.05. The van der Waals surface area contributed by atoms with Crippen molar-refractivity contribution in [1.82, 2.24) is 5.32 Å². The molecule has 2 rings (SSSR count). The molecule has 0 bridgehead atoms. The third-order valence-electron chi connectivity index (χ3n) is 3.67. The van der Waals surface area contributed by atoms with E-state index in [1.807, 2.05) is 25.1 Å². The van der Waals surface area contributed by atoms with E-state index in [-0.39, 0.29) is 11.9 Å². The average Bonchev–Trinajstić information content (AvgIpc) is 2.81. The minimum atomic E-state index is 0.0800. The molecule has 0 radical (unpaired) electrons. The zero-order valence-corrected chi connectivity index (χ0v) is 12.4.